The number of aryl methyl sites for hydroxylation is 1. The highest BCUT2D eigenvalue weighted by molar-refractivity contribution is 7.14. The molecule has 22 heavy (non-hydrogen) atoms. The summed E-state index contributed by atoms with van der Waals surface area (Å²) in [6, 6.07) is 9.99. The third-order valence-corrected chi connectivity index (χ3v) is 4.97. The quantitative estimate of drug-likeness (QED) is 0.947. The monoisotopic (exact) mass is 316 g/mol. The van der Waals surface area contributed by atoms with Gasteiger partial charge in [-0.2, -0.15) is 0 Å². The van der Waals surface area contributed by atoms with Gasteiger partial charge in [0.25, 0.3) is 5.91 Å². The molecule has 1 amide bonds. The molecular weight excluding hydrogens is 296 g/mol. The molecule has 0 radical (unpaired) electrons. The van der Waals surface area contributed by atoms with E-state index in [0.717, 1.165) is 47.9 Å². The Balaban J connectivity index is 1.84. The molecule has 4 nitrogen and oxygen atoms in total. The van der Waals surface area contributed by atoms with Crippen LogP contribution in [0.2, 0.25) is 0 Å². The molecule has 116 valence electrons. The van der Waals surface area contributed by atoms with Crippen LogP contribution in [0.1, 0.15) is 14.5 Å². The molecule has 1 saturated heterocycles. The molecule has 0 bridgehead atoms. The van der Waals surface area contributed by atoms with Crippen molar-refractivity contribution >= 4 is 17.2 Å². The number of carbonyl (C=O) groups is 1. The van der Waals surface area contributed by atoms with Gasteiger partial charge in [-0.05, 0) is 36.2 Å². The molecule has 2 heterocycles. The van der Waals surface area contributed by atoms with E-state index in [2.05, 4.69) is 12.2 Å². The first kappa shape index (κ1) is 15.1. The average molecular weight is 316 g/mol. The lowest BCUT2D eigenvalue weighted by molar-refractivity contribution is 0.0740. The van der Waals surface area contributed by atoms with Crippen LogP contribution in [-0.4, -0.2) is 44.1 Å². The highest BCUT2D eigenvalue weighted by Gasteiger charge is 2.21. The number of amides is 1. The maximum atomic E-state index is 12.6. The van der Waals surface area contributed by atoms with Crippen LogP contribution in [0.15, 0.2) is 30.3 Å². The van der Waals surface area contributed by atoms with Gasteiger partial charge in [0, 0.05) is 31.1 Å². The van der Waals surface area contributed by atoms with Crippen molar-refractivity contribution in [2.24, 2.45) is 0 Å². The van der Waals surface area contributed by atoms with Gasteiger partial charge in [0.2, 0.25) is 0 Å². The lowest BCUT2D eigenvalue weighted by Crippen LogP contribution is -2.46. The van der Waals surface area contributed by atoms with Crippen LogP contribution >= 0.6 is 11.3 Å². The van der Waals surface area contributed by atoms with Gasteiger partial charge in [0.15, 0.2) is 0 Å². The zero-order valence-corrected chi connectivity index (χ0v) is 13.7. The molecule has 2 aromatic rings. The second-order valence-corrected chi connectivity index (χ2v) is 6.61. The third kappa shape index (κ3) is 3.00. The van der Waals surface area contributed by atoms with Crippen LogP contribution in [-0.2, 0) is 0 Å². The van der Waals surface area contributed by atoms with Crippen molar-refractivity contribution in [1.29, 1.82) is 0 Å². The predicted octanol–water partition coefficient (Wildman–Crippen LogP) is 2.78. The number of nitrogens with one attached hydrogen (secondary N) is 1. The number of nitrogens with zero attached hydrogens (tertiary/aromatic N) is 1. The Kier molecular flexibility index (Phi) is 4.45. The number of methoxy groups -OCH3 is 1. The zero-order valence-electron chi connectivity index (χ0n) is 12.9. The molecule has 1 fully saturated rings. The van der Waals surface area contributed by atoms with E-state index in [1.807, 2.05) is 35.2 Å². The molecule has 1 aromatic heterocycles. The standard InChI is InChI=1S/C17H20N2O2S/c1-12-15(13-3-5-14(21-2)6-4-13)11-16(22-12)17(20)19-9-7-18-8-10-19/h3-6,11,18H,7-10H2,1-2H3. The summed E-state index contributed by atoms with van der Waals surface area (Å²) in [5.74, 6) is 0.989. The minimum Gasteiger partial charge on any atom is -0.497 e. The average Bonchev–Trinajstić information content (AvgIpc) is 2.97. The number of carbonyl (C=O) groups excluding carboxylic acids is 1. The first-order chi connectivity index (χ1) is 10.7. The number of hydrogen-bond donors (Lipinski definition) is 1. The van der Waals surface area contributed by atoms with Gasteiger partial charge < -0.3 is 15.0 Å². The summed E-state index contributed by atoms with van der Waals surface area (Å²) in [5.41, 5.74) is 2.25. The topological polar surface area (TPSA) is 41.6 Å². The van der Waals surface area contributed by atoms with Gasteiger partial charge in [-0.3, -0.25) is 4.79 Å². The second-order valence-electron chi connectivity index (χ2n) is 5.35. The molecule has 0 spiro atoms. The SMILES string of the molecule is COc1ccc(-c2cc(C(=O)N3CCNCC3)sc2C)cc1. The Hall–Kier alpha value is -1.85. The highest BCUT2D eigenvalue weighted by Crippen LogP contribution is 2.32. The number of rotatable bonds is 3. The van der Waals surface area contributed by atoms with Crippen molar-refractivity contribution < 1.29 is 9.53 Å². The summed E-state index contributed by atoms with van der Waals surface area (Å²) in [7, 11) is 1.66. The number of benzene rings is 1. The van der Waals surface area contributed by atoms with Gasteiger partial charge in [-0.1, -0.05) is 12.1 Å². The molecule has 5 heteroatoms. The molecule has 0 atom stereocenters. The van der Waals surface area contributed by atoms with E-state index >= 15 is 0 Å². The Labute approximate surface area is 134 Å². The van der Waals surface area contributed by atoms with E-state index in [-0.39, 0.29) is 5.91 Å². The van der Waals surface area contributed by atoms with Gasteiger partial charge in [-0.25, -0.2) is 0 Å². The van der Waals surface area contributed by atoms with Crippen LogP contribution in [0.25, 0.3) is 11.1 Å². The fraction of sp³-hybridized carbons (Fsp3) is 0.353. The minimum absolute atomic E-state index is 0.148. The molecule has 1 aliphatic rings. The number of thiophene rings is 1. The van der Waals surface area contributed by atoms with Crippen LogP contribution in [0.3, 0.4) is 0 Å². The van der Waals surface area contributed by atoms with Crippen molar-refractivity contribution in [3.63, 3.8) is 0 Å². The molecule has 0 unspecified atom stereocenters. The minimum atomic E-state index is 0.148. The van der Waals surface area contributed by atoms with Crippen molar-refractivity contribution in [3.05, 3.63) is 40.1 Å². The van der Waals surface area contributed by atoms with E-state index in [1.165, 1.54) is 4.88 Å². The molecule has 0 saturated carbocycles. The first-order valence-electron chi connectivity index (χ1n) is 7.44. The molecular formula is C17H20N2O2S. The number of ether oxygens (including phenoxy) is 1. The predicted molar refractivity (Wildman–Crippen MR) is 89.8 cm³/mol. The van der Waals surface area contributed by atoms with Crippen LogP contribution in [0.4, 0.5) is 0 Å². The molecule has 1 N–H and O–H groups in total. The zero-order chi connectivity index (χ0) is 15.5. The van der Waals surface area contributed by atoms with Crippen LogP contribution < -0.4 is 10.1 Å². The van der Waals surface area contributed by atoms with Gasteiger partial charge in [0.1, 0.15) is 5.75 Å². The van der Waals surface area contributed by atoms with Crippen molar-refractivity contribution in [3.8, 4) is 16.9 Å². The largest absolute Gasteiger partial charge is 0.497 e. The van der Waals surface area contributed by atoms with E-state index in [0.29, 0.717) is 0 Å². The summed E-state index contributed by atoms with van der Waals surface area (Å²) < 4.78 is 5.19. The Morgan fingerprint density at radius 3 is 2.55 bits per heavy atom. The summed E-state index contributed by atoms with van der Waals surface area (Å²) >= 11 is 1.58. The smallest absolute Gasteiger partial charge is 0.264 e. The molecule has 0 aliphatic carbocycles. The van der Waals surface area contributed by atoms with E-state index < -0.39 is 0 Å². The Bertz CT molecular complexity index is 658. The lowest BCUT2D eigenvalue weighted by Gasteiger charge is -2.26. The summed E-state index contributed by atoms with van der Waals surface area (Å²) in [6.07, 6.45) is 0. The molecule has 3 rings (SSSR count). The molecule has 1 aromatic carbocycles. The number of hydrogen-bond acceptors (Lipinski definition) is 4. The number of piperazine rings is 1. The van der Waals surface area contributed by atoms with Crippen LogP contribution in [0, 0.1) is 6.92 Å². The van der Waals surface area contributed by atoms with Gasteiger partial charge in [-0.15, -0.1) is 11.3 Å². The highest BCUT2D eigenvalue weighted by atomic mass is 32.1. The maximum Gasteiger partial charge on any atom is 0.264 e. The van der Waals surface area contributed by atoms with Gasteiger partial charge >= 0.3 is 0 Å². The Morgan fingerprint density at radius 1 is 1.23 bits per heavy atom. The van der Waals surface area contributed by atoms with Crippen molar-refractivity contribution in [1.82, 2.24) is 10.2 Å². The first-order valence-corrected chi connectivity index (χ1v) is 8.25. The second kappa shape index (κ2) is 6.50. The summed E-state index contributed by atoms with van der Waals surface area (Å²) in [6.45, 7) is 5.39. The van der Waals surface area contributed by atoms with E-state index in [4.69, 9.17) is 4.74 Å². The lowest BCUT2D eigenvalue weighted by atomic mass is 10.1. The third-order valence-electron chi connectivity index (χ3n) is 3.93. The van der Waals surface area contributed by atoms with Crippen LogP contribution in [0.5, 0.6) is 5.75 Å². The Morgan fingerprint density at radius 2 is 1.91 bits per heavy atom. The maximum absolute atomic E-state index is 12.6. The van der Waals surface area contributed by atoms with E-state index in [9.17, 15) is 4.79 Å². The fourth-order valence-electron chi connectivity index (χ4n) is 2.67. The van der Waals surface area contributed by atoms with E-state index in [1.54, 1.807) is 18.4 Å². The fourth-order valence-corrected chi connectivity index (χ4v) is 3.68. The molecule has 1 aliphatic heterocycles. The van der Waals surface area contributed by atoms with Crippen molar-refractivity contribution in [2.75, 3.05) is 33.3 Å². The summed E-state index contributed by atoms with van der Waals surface area (Å²) in [5, 5.41) is 3.27. The normalized spacial score (nSPS) is 14.9. The van der Waals surface area contributed by atoms with Gasteiger partial charge in [0.05, 0.1) is 12.0 Å². The summed E-state index contributed by atoms with van der Waals surface area (Å²) in [4.78, 5) is 16.5. The van der Waals surface area contributed by atoms with Crippen molar-refractivity contribution in [2.45, 2.75) is 6.92 Å².